The molecule has 1 aromatic carbocycles. The second-order valence-electron chi connectivity index (χ2n) is 3.62. The molecule has 0 unspecified atom stereocenters. The summed E-state index contributed by atoms with van der Waals surface area (Å²) in [6.07, 6.45) is 5.56. The molecule has 0 saturated heterocycles. The fraction of sp³-hybridized carbons (Fsp3) is 0.357. The highest BCUT2D eigenvalue weighted by Crippen LogP contribution is 2.15. The fourth-order valence-corrected chi connectivity index (χ4v) is 1.93. The average Bonchev–Trinajstić information content (AvgIpc) is 2.38. The maximum atomic E-state index is 11.7. The van der Waals surface area contributed by atoms with Crippen LogP contribution < -0.4 is 0 Å². The van der Waals surface area contributed by atoms with Gasteiger partial charge in [0.15, 0.2) is 0 Å². The predicted molar refractivity (Wildman–Crippen MR) is 75.2 cm³/mol. The number of rotatable bonds is 5. The Morgan fingerprint density at radius 2 is 1.82 bits per heavy atom. The van der Waals surface area contributed by atoms with Gasteiger partial charge in [0.2, 0.25) is 5.91 Å². The van der Waals surface area contributed by atoms with Gasteiger partial charge in [-0.05, 0) is 43.9 Å². The van der Waals surface area contributed by atoms with E-state index in [0.717, 1.165) is 18.7 Å². The molecule has 3 heteroatoms. The van der Waals surface area contributed by atoms with Crippen LogP contribution >= 0.6 is 11.8 Å². The van der Waals surface area contributed by atoms with E-state index < -0.39 is 0 Å². The highest BCUT2D eigenvalue weighted by molar-refractivity contribution is 7.98. The third kappa shape index (κ3) is 4.27. The Bertz CT molecular complexity index is 380. The Morgan fingerprint density at radius 1 is 1.24 bits per heavy atom. The number of carbonyl (C=O) groups is 1. The molecule has 0 fully saturated rings. The van der Waals surface area contributed by atoms with E-state index >= 15 is 0 Å². The highest BCUT2D eigenvalue weighted by atomic mass is 32.2. The molecule has 0 saturated carbocycles. The number of benzene rings is 1. The Balaban J connectivity index is 2.66. The Kier molecular flexibility index (Phi) is 5.84. The minimum atomic E-state index is 0.0731. The van der Waals surface area contributed by atoms with Crippen molar-refractivity contribution in [2.75, 3.05) is 19.3 Å². The van der Waals surface area contributed by atoms with Gasteiger partial charge in [0.1, 0.15) is 0 Å². The van der Waals surface area contributed by atoms with Gasteiger partial charge in [-0.1, -0.05) is 12.1 Å². The van der Waals surface area contributed by atoms with Crippen molar-refractivity contribution < 1.29 is 4.79 Å². The van der Waals surface area contributed by atoms with E-state index in [2.05, 4.69) is 18.4 Å². The lowest BCUT2D eigenvalue weighted by Crippen LogP contribution is -2.28. The normalized spacial score (nSPS) is 10.8. The molecular formula is C14H19NOS. The van der Waals surface area contributed by atoms with Gasteiger partial charge in [-0.2, -0.15) is 0 Å². The van der Waals surface area contributed by atoms with Crippen molar-refractivity contribution in [2.45, 2.75) is 18.7 Å². The van der Waals surface area contributed by atoms with Crippen LogP contribution in [0.1, 0.15) is 19.4 Å². The van der Waals surface area contributed by atoms with E-state index in [1.165, 1.54) is 4.90 Å². The molecule has 0 N–H and O–H groups in total. The van der Waals surface area contributed by atoms with Crippen LogP contribution in [0.2, 0.25) is 0 Å². The van der Waals surface area contributed by atoms with Crippen molar-refractivity contribution >= 4 is 23.7 Å². The van der Waals surface area contributed by atoms with Crippen LogP contribution in [0.15, 0.2) is 35.2 Å². The predicted octanol–water partition coefficient (Wildman–Crippen LogP) is 3.29. The van der Waals surface area contributed by atoms with E-state index in [0.29, 0.717) is 0 Å². The average molecular weight is 249 g/mol. The second-order valence-corrected chi connectivity index (χ2v) is 4.50. The van der Waals surface area contributed by atoms with E-state index in [9.17, 15) is 4.79 Å². The molecule has 0 bridgehead atoms. The van der Waals surface area contributed by atoms with Gasteiger partial charge in [0.05, 0.1) is 0 Å². The minimum absolute atomic E-state index is 0.0731. The quantitative estimate of drug-likeness (QED) is 0.589. The van der Waals surface area contributed by atoms with Crippen molar-refractivity contribution in [3.05, 3.63) is 35.9 Å². The first-order valence-electron chi connectivity index (χ1n) is 5.82. The van der Waals surface area contributed by atoms with E-state index in [-0.39, 0.29) is 5.91 Å². The monoisotopic (exact) mass is 249 g/mol. The second kappa shape index (κ2) is 7.17. The molecule has 17 heavy (non-hydrogen) atoms. The topological polar surface area (TPSA) is 20.3 Å². The summed E-state index contributed by atoms with van der Waals surface area (Å²) < 4.78 is 0. The zero-order chi connectivity index (χ0) is 12.7. The molecule has 0 atom stereocenters. The summed E-state index contributed by atoms with van der Waals surface area (Å²) in [5.74, 6) is 0.0731. The van der Waals surface area contributed by atoms with Gasteiger partial charge in [0, 0.05) is 24.1 Å². The van der Waals surface area contributed by atoms with Crippen molar-refractivity contribution in [3.63, 3.8) is 0 Å². The molecule has 0 radical (unpaired) electrons. The van der Waals surface area contributed by atoms with E-state index in [4.69, 9.17) is 0 Å². The van der Waals surface area contributed by atoms with Crippen LogP contribution in [-0.2, 0) is 4.79 Å². The zero-order valence-corrected chi connectivity index (χ0v) is 11.5. The lowest BCUT2D eigenvalue weighted by Gasteiger charge is -2.15. The Hall–Kier alpha value is -1.22. The molecule has 1 aromatic rings. The Morgan fingerprint density at radius 3 is 2.29 bits per heavy atom. The maximum absolute atomic E-state index is 11.7. The first-order chi connectivity index (χ1) is 8.21. The van der Waals surface area contributed by atoms with Crippen LogP contribution in [-0.4, -0.2) is 30.2 Å². The molecule has 92 valence electrons. The van der Waals surface area contributed by atoms with Crippen molar-refractivity contribution in [1.29, 1.82) is 0 Å². The summed E-state index contributed by atoms with van der Waals surface area (Å²) in [7, 11) is 0. The van der Waals surface area contributed by atoms with Gasteiger partial charge in [-0.25, -0.2) is 0 Å². The van der Waals surface area contributed by atoms with E-state index in [1.807, 2.05) is 32.1 Å². The van der Waals surface area contributed by atoms with Crippen molar-refractivity contribution in [3.8, 4) is 0 Å². The number of likely N-dealkylation sites (N-methyl/N-ethyl adjacent to an activating group) is 1. The molecule has 0 aliphatic heterocycles. The first-order valence-corrected chi connectivity index (χ1v) is 7.04. The Labute approximate surface area is 108 Å². The lowest BCUT2D eigenvalue weighted by molar-refractivity contribution is -0.125. The number of amides is 1. The number of hydrogen-bond donors (Lipinski definition) is 0. The summed E-state index contributed by atoms with van der Waals surface area (Å²) in [4.78, 5) is 14.8. The summed E-state index contributed by atoms with van der Waals surface area (Å²) >= 11 is 1.71. The maximum Gasteiger partial charge on any atom is 0.246 e. The molecule has 0 heterocycles. The van der Waals surface area contributed by atoms with Gasteiger partial charge >= 0.3 is 0 Å². The third-order valence-corrected chi connectivity index (χ3v) is 3.35. The third-order valence-electron chi connectivity index (χ3n) is 2.61. The SMILES string of the molecule is CCN(CC)C(=O)/C=C/c1ccc(SC)cc1. The molecule has 1 amide bonds. The van der Waals surface area contributed by atoms with Crippen LogP contribution in [0.25, 0.3) is 6.08 Å². The molecule has 0 aliphatic carbocycles. The number of nitrogens with zero attached hydrogens (tertiary/aromatic N) is 1. The van der Waals surface area contributed by atoms with Gasteiger partial charge in [-0.3, -0.25) is 4.79 Å². The standard InChI is InChI=1S/C14H19NOS/c1-4-15(5-2)14(16)11-8-12-6-9-13(17-3)10-7-12/h6-11H,4-5H2,1-3H3/b11-8+. The minimum Gasteiger partial charge on any atom is -0.340 e. The fourth-order valence-electron chi connectivity index (χ4n) is 1.52. The number of carbonyl (C=O) groups excluding carboxylic acids is 1. The zero-order valence-electron chi connectivity index (χ0n) is 10.6. The van der Waals surface area contributed by atoms with Crippen LogP contribution in [0.3, 0.4) is 0 Å². The van der Waals surface area contributed by atoms with Crippen LogP contribution in [0.5, 0.6) is 0 Å². The van der Waals surface area contributed by atoms with Crippen LogP contribution in [0.4, 0.5) is 0 Å². The number of thioether (sulfide) groups is 1. The molecule has 0 aromatic heterocycles. The van der Waals surface area contributed by atoms with Gasteiger partial charge in [-0.15, -0.1) is 11.8 Å². The molecule has 2 nitrogen and oxygen atoms in total. The number of hydrogen-bond acceptors (Lipinski definition) is 2. The van der Waals surface area contributed by atoms with Gasteiger partial charge in [0.25, 0.3) is 0 Å². The lowest BCUT2D eigenvalue weighted by atomic mass is 10.2. The molecule has 0 spiro atoms. The molecular weight excluding hydrogens is 230 g/mol. The van der Waals surface area contributed by atoms with E-state index in [1.54, 1.807) is 22.7 Å². The largest absolute Gasteiger partial charge is 0.340 e. The van der Waals surface area contributed by atoms with Crippen LogP contribution in [0, 0.1) is 0 Å². The molecule has 1 rings (SSSR count). The first kappa shape index (κ1) is 13.8. The van der Waals surface area contributed by atoms with Crippen molar-refractivity contribution in [2.24, 2.45) is 0 Å². The summed E-state index contributed by atoms with van der Waals surface area (Å²) in [5.41, 5.74) is 1.06. The van der Waals surface area contributed by atoms with Gasteiger partial charge < -0.3 is 4.90 Å². The molecule has 0 aliphatic rings. The highest BCUT2D eigenvalue weighted by Gasteiger charge is 2.04. The summed E-state index contributed by atoms with van der Waals surface area (Å²) in [6, 6.07) is 8.17. The summed E-state index contributed by atoms with van der Waals surface area (Å²) in [5, 5.41) is 0. The van der Waals surface area contributed by atoms with Crippen molar-refractivity contribution in [1.82, 2.24) is 4.90 Å². The smallest absolute Gasteiger partial charge is 0.246 e. The summed E-state index contributed by atoms with van der Waals surface area (Å²) in [6.45, 7) is 5.49.